The smallest absolute Gasteiger partial charge is 0.283 e. The summed E-state index contributed by atoms with van der Waals surface area (Å²) in [6, 6.07) is 18.4. The molecule has 0 fully saturated rings. The number of thioether (sulfide) groups is 1. The number of carbonyl (C=O) groups excluding carboxylic acids is 1. The Bertz CT molecular complexity index is 1530. The molecule has 0 saturated heterocycles. The van der Waals surface area contributed by atoms with Crippen molar-refractivity contribution in [2.24, 2.45) is 10.1 Å². The first-order valence-electron chi connectivity index (χ1n) is 11.8. The van der Waals surface area contributed by atoms with Gasteiger partial charge in [0, 0.05) is 5.56 Å². The highest BCUT2D eigenvalue weighted by Crippen LogP contribution is 2.36. The molecule has 0 atom stereocenters. The van der Waals surface area contributed by atoms with Gasteiger partial charge in [-0.25, -0.2) is 0 Å². The number of methoxy groups -OCH3 is 1. The lowest BCUT2D eigenvalue weighted by molar-refractivity contribution is -0.114. The fourth-order valence-electron chi connectivity index (χ4n) is 3.81. The molecule has 2 aliphatic rings. The first-order chi connectivity index (χ1) is 18.8. The van der Waals surface area contributed by atoms with Crippen molar-refractivity contribution >= 4 is 63.0 Å². The molecule has 0 aromatic heterocycles. The maximum absolute atomic E-state index is 12.8. The molecule has 5 rings (SSSR count). The Morgan fingerprint density at radius 3 is 2.36 bits per heavy atom. The van der Waals surface area contributed by atoms with Gasteiger partial charge in [-0.1, -0.05) is 65.2 Å². The Balaban J connectivity index is 1.29. The Kier molecular flexibility index (Phi) is 7.92. The first-order valence-corrected chi connectivity index (χ1v) is 13.4. The Labute approximate surface area is 239 Å². The van der Waals surface area contributed by atoms with Gasteiger partial charge in [0.2, 0.25) is 5.17 Å². The second kappa shape index (κ2) is 11.5. The van der Waals surface area contributed by atoms with Crippen molar-refractivity contribution in [1.29, 1.82) is 5.41 Å². The maximum Gasteiger partial charge on any atom is 0.283 e. The van der Waals surface area contributed by atoms with Gasteiger partial charge < -0.3 is 14.2 Å². The van der Waals surface area contributed by atoms with E-state index in [1.165, 1.54) is 22.8 Å². The van der Waals surface area contributed by atoms with Crippen LogP contribution < -0.4 is 14.2 Å². The number of hydrogen-bond acceptors (Lipinski definition) is 7. The van der Waals surface area contributed by atoms with Gasteiger partial charge in [-0.05, 0) is 54.6 Å². The summed E-state index contributed by atoms with van der Waals surface area (Å²) in [5.74, 6) is 0.883. The average molecular weight is 581 g/mol. The van der Waals surface area contributed by atoms with Crippen LogP contribution in [0.4, 0.5) is 0 Å². The average Bonchev–Trinajstić information content (AvgIpc) is 3.35. The molecule has 2 heterocycles. The van der Waals surface area contributed by atoms with Crippen LogP contribution in [0.3, 0.4) is 0 Å². The Morgan fingerprint density at radius 2 is 1.67 bits per heavy atom. The minimum atomic E-state index is -0.542. The molecule has 11 heteroatoms. The van der Waals surface area contributed by atoms with E-state index >= 15 is 0 Å². The molecule has 0 bridgehead atoms. The predicted octanol–water partition coefficient (Wildman–Crippen LogP) is 6.44. The Morgan fingerprint density at radius 1 is 1.00 bits per heavy atom. The zero-order chi connectivity index (χ0) is 27.5. The minimum Gasteiger partial charge on any atom is -0.493 e. The third kappa shape index (κ3) is 5.80. The van der Waals surface area contributed by atoms with Crippen molar-refractivity contribution in [3.63, 3.8) is 0 Å². The molecular weight excluding hydrogens is 559 g/mol. The molecular formula is C28H22Cl2N4O4S. The van der Waals surface area contributed by atoms with Crippen LogP contribution in [0.15, 0.2) is 76.3 Å². The summed E-state index contributed by atoms with van der Waals surface area (Å²) in [5, 5.41) is 16.0. The van der Waals surface area contributed by atoms with Crippen LogP contribution in [-0.4, -0.2) is 47.3 Å². The number of rotatable bonds is 8. The summed E-state index contributed by atoms with van der Waals surface area (Å²) in [4.78, 5) is 17.0. The first kappa shape index (κ1) is 26.8. The SMILES string of the molecule is COc1ccccc1OCCOc1c(Cl)cc(C=C2C(=N)N3N=C(c4ccc(C)cc4)SC3=NC2=O)cc1Cl. The molecule has 1 amide bonds. The molecule has 0 spiro atoms. The van der Waals surface area contributed by atoms with Crippen molar-refractivity contribution in [3.8, 4) is 17.2 Å². The molecule has 0 unspecified atom stereocenters. The summed E-state index contributed by atoms with van der Waals surface area (Å²) >= 11 is 14.2. The van der Waals surface area contributed by atoms with Crippen molar-refractivity contribution in [1.82, 2.24) is 5.01 Å². The highest BCUT2D eigenvalue weighted by Gasteiger charge is 2.36. The zero-order valence-electron chi connectivity index (χ0n) is 20.9. The number of ether oxygens (including phenoxy) is 3. The van der Waals surface area contributed by atoms with E-state index in [4.69, 9.17) is 42.8 Å². The van der Waals surface area contributed by atoms with Gasteiger partial charge >= 0.3 is 0 Å². The maximum atomic E-state index is 12.8. The van der Waals surface area contributed by atoms with Gasteiger partial charge in [-0.15, -0.1) is 0 Å². The van der Waals surface area contributed by atoms with Crippen LogP contribution in [0.1, 0.15) is 16.7 Å². The number of aliphatic imine (C=N–C) groups is 1. The monoisotopic (exact) mass is 580 g/mol. The molecule has 2 aliphatic heterocycles. The zero-order valence-corrected chi connectivity index (χ0v) is 23.2. The molecule has 39 heavy (non-hydrogen) atoms. The summed E-state index contributed by atoms with van der Waals surface area (Å²) in [6.07, 6.45) is 1.52. The molecule has 0 radical (unpaired) electrons. The van der Waals surface area contributed by atoms with Crippen LogP contribution in [0.2, 0.25) is 10.0 Å². The van der Waals surface area contributed by atoms with Gasteiger partial charge in [0.1, 0.15) is 18.3 Å². The van der Waals surface area contributed by atoms with Crippen LogP contribution in [0.25, 0.3) is 6.08 Å². The molecule has 8 nitrogen and oxygen atoms in total. The standard InChI is InChI=1S/C28H22Cl2N4O4S/c1-16-7-9-18(10-8-16)27-33-34-25(31)19(26(35)32-28(34)39-27)13-17-14-20(29)24(21(30)15-17)38-12-11-37-23-6-4-3-5-22(23)36-2/h3-10,13-15,31H,11-12H2,1-2H3. The molecule has 0 aliphatic carbocycles. The quantitative estimate of drug-likeness (QED) is 0.243. The predicted molar refractivity (Wildman–Crippen MR) is 156 cm³/mol. The summed E-state index contributed by atoms with van der Waals surface area (Å²) in [6.45, 7) is 2.43. The largest absolute Gasteiger partial charge is 0.493 e. The third-order valence-corrected chi connectivity index (χ3v) is 7.26. The minimum absolute atomic E-state index is 0.0688. The van der Waals surface area contributed by atoms with E-state index in [-0.39, 0.29) is 40.4 Å². The number of hydrogen-bond donors (Lipinski definition) is 1. The number of fused-ring (bicyclic) bond motifs is 1. The molecule has 1 N–H and O–H groups in total. The van der Waals surface area contributed by atoms with Crippen LogP contribution in [0.5, 0.6) is 17.2 Å². The molecule has 3 aromatic carbocycles. The third-order valence-electron chi connectivity index (χ3n) is 5.74. The molecule has 3 aromatic rings. The van der Waals surface area contributed by atoms with Crippen LogP contribution in [-0.2, 0) is 4.79 Å². The van der Waals surface area contributed by atoms with E-state index in [1.807, 2.05) is 43.3 Å². The number of amides is 1. The normalized spacial score (nSPS) is 15.7. The fourth-order valence-corrected chi connectivity index (χ4v) is 5.32. The lowest BCUT2D eigenvalue weighted by Crippen LogP contribution is -2.35. The van der Waals surface area contributed by atoms with E-state index in [2.05, 4.69) is 10.1 Å². The van der Waals surface area contributed by atoms with E-state index in [1.54, 1.807) is 31.4 Å². The topological polar surface area (TPSA) is 96.6 Å². The summed E-state index contributed by atoms with van der Waals surface area (Å²) < 4.78 is 16.7. The lowest BCUT2D eigenvalue weighted by atomic mass is 10.1. The second-order valence-electron chi connectivity index (χ2n) is 8.45. The van der Waals surface area contributed by atoms with Gasteiger partial charge in [0.25, 0.3) is 5.91 Å². The summed E-state index contributed by atoms with van der Waals surface area (Å²) in [7, 11) is 1.57. The number of nitrogens with one attached hydrogen (secondary N) is 1. The van der Waals surface area contributed by atoms with Crippen LogP contribution in [0, 0.1) is 12.3 Å². The number of benzene rings is 3. The number of carbonyl (C=O) groups is 1. The van der Waals surface area contributed by atoms with Crippen molar-refractivity contribution < 1.29 is 19.0 Å². The van der Waals surface area contributed by atoms with Gasteiger partial charge in [0.05, 0.1) is 22.7 Å². The number of para-hydroxylation sites is 2. The van der Waals surface area contributed by atoms with E-state index in [0.717, 1.165) is 11.1 Å². The highest BCUT2D eigenvalue weighted by molar-refractivity contribution is 8.27. The van der Waals surface area contributed by atoms with Gasteiger partial charge in [-0.2, -0.15) is 15.1 Å². The lowest BCUT2D eigenvalue weighted by Gasteiger charge is -2.20. The van der Waals surface area contributed by atoms with E-state index in [9.17, 15) is 4.79 Å². The number of aryl methyl sites for hydroxylation is 1. The Hall–Kier alpha value is -3.79. The molecule has 198 valence electrons. The van der Waals surface area contributed by atoms with Crippen molar-refractivity contribution in [2.45, 2.75) is 6.92 Å². The van der Waals surface area contributed by atoms with E-state index < -0.39 is 5.91 Å². The number of nitrogens with zero attached hydrogens (tertiary/aromatic N) is 3. The second-order valence-corrected chi connectivity index (χ2v) is 10.2. The van der Waals surface area contributed by atoms with Gasteiger partial charge in [0.15, 0.2) is 23.1 Å². The molecule has 0 saturated carbocycles. The van der Waals surface area contributed by atoms with Gasteiger partial charge in [-0.3, -0.25) is 10.2 Å². The fraction of sp³-hybridized carbons (Fsp3) is 0.143. The van der Waals surface area contributed by atoms with E-state index in [0.29, 0.717) is 27.3 Å². The summed E-state index contributed by atoms with van der Waals surface area (Å²) in [5.41, 5.74) is 2.60. The number of halogens is 2. The number of amidine groups is 2. The van der Waals surface area contributed by atoms with Crippen molar-refractivity contribution in [2.75, 3.05) is 20.3 Å². The van der Waals surface area contributed by atoms with Crippen molar-refractivity contribution in [3.05, 3.63) is 93.0 Å². The number of hydrazone groups is 1. The highest BCUT2D eigenvalue weighted by atomic mass is 35.5. The van der Waals surface area contributed by atoms with Crippen LogP contribution >= 0.6 is 35.0 Å².